The Kier molecular flexibility index (Phi) is 4.24. The van der Waals surface area contributed by atoms with Crippen molar-refractivity contribution in [2.45, 2.75) is 11.0 Å². The number of sulfonamides is 1. The predicted octanol–water partition coefficient (Wildman–Crippen LogP) is 3.37. The molecule has 0 aliphatic carbocycles. The van der Waals surface area contributed by atoms with Crippen LogP contribution >= 0.6 is 11.3 Å². The summed E-state index contributed by atoms with van der Waals surface area (Å²) in [6.07, 6.45) is -0.281. The van der Waals surface area contributed by atoms with Gasteiger partial charge in [-0.15, -0.1) is 11.3 Å². The Labute approximate surface area is 150 Å². The number of rotatable bonds is 3. The maximum Gasteiger partial charge on any atom is 0.243 e. The molecular formula is C18H17NO4S2. The number of nitrogens with zero attached hydrogens (tertiary/aromatic N) is 1. The molecule has 1 saturated heterocycles. The Morgan fingerprint density at radius 1 is 1.12 bits per heavy atom. The lowest BCUT2D eigenvalue weighted by atomic mass is 10.1. The van der Waals surface area contributed by atoms with Gasteiger partial charge in [-0.2, -0.15) is 4.31 Å². The minimum absolute atomic E-state index is 0.0450. The van der Waals surface area contributed by atoms with Crippen molar-refractivity contribution in [3.8, 4) is 5.75 Å². The van der Waals surface area contributed by atoms with Crippen LogP contribution in [0.25, 0.3) is 10.1 Å². The number of phenols is 1. The molecule has 5 nitrogen and oxygen atoms in total. The van der Waals surface area contributed by atoms with Crippen LogP contribution in [0, 0.1) is 0 Å². The van der Waals surface area contributed by atoms with E-state index < -0.39 is 10.0 Å². The van der Waals surface area contributed by atoms with Crippen LogP contribution in [0.1, 0.15) is 11.7 Å². The molecule has 2 aromatic carbocycles. The van der Waals surface area contributed by atoms with E-state index in [1.165, 1.54) is 33.3 Å². The maximum atomic E-state index is 12.9. The minimum Gasteiger partial charge on any atom is -0.508 e. The van der Waals surface area contributed by atoms with Crippen molar-refractivity contribution in [1.82, 2.24) is 4.31 Å². The fraction of sp³-hybridized carbons (Fsp3) is 0.222. The SMILES string of the molecule is O=S(=O)(c1ccc(O)cc1)N1CCO[C@H](c2csc3ccccc23)C1. The molecule has 1 fully saturated rings. The van der Waals surface area contributed by atoms with Crippen molar-refractivity contribution in [1.29, 1.82) is 0 Å². The number of morpholine rings is 1. The summed E-state index contributed by atoms with van der Waals surface area (Å²) >= 11 is 1.64. The highest BCUT2D eigenvalue weighted by Crippen LogP contribution is 2.34. The second-order valence-electron chi connectivity index (χ2n) is 5.90. The van der Waals surface area contributed by atoms with Gasteiger partial charge in [-0.1, -0.05) is 18.2 Å². The van der Waals surface area contributed by atoms with Crippen molar-refractivity contribution in [2.24, 2.45) is 0 Å². The van der Waals surface area contributed by atoms with Gasteiger partial charge in [0.1, 0.15) is 5.75 Å². The Morgan fingerprint density at radius 3 is 2.68 bits per heavy atom. The van der Waals surface area contributed by atoms with Crippen molar-refractivity contribution in [2.75, 3.05) is 19.7 Å². The molecule has 1 N–H and O–H groups in total. The molecule has 0 unspecified atom stereocenters. The Bertz CT molecular complexity index is 995. The molecule has 7 heteroatoms. The van der Waals surface area contributed by atoms with Gasteiger partial charge >= 0.3 is 0 Å². The molecule has 3 aromatic rings. The molecule has 0 radical (unpaired) electrons. The van der Waals surface area contributed by atoms with E-state index in [-0.39, 0.29) is 23.3 Å². The zero-order valence-corrected chi connectivity index (χ0v) is 15.0. The average Bonchev–Trinajstić information content (AvgIpc) is 3.06. The van der Waals surface area contributed by atoms with E-state index in [1.807, 2.05) is 23.6 Å². The van der Waals surface area contributed by atoms with Gasteiger partial charge in [0.15, 0.2) is 0 Å². The summed E-state index contributed by atoms with van der Waals surface area (Å²) in [7, 11) is -3.61. The molecule has 1 aliphatic rings. The van der Waals surface area contributed by atoms with Gasteiger partial charge < -0.3 is 9.84 Å². The number of thiophene rings is 1. The summed E-state index contributed by atoms with van der Waals surface area (Å²) in [6.45, 7) is 0.956. The number of hydrogen-bond donors (Lipinski definition) is 1. The molecule has 0 bridgehead atoms. The number of benzene rings is 2. The van der Waals surface area contributed by atoms with E-state index in [0.717, 1.165) is 10.9 Å². The lowest BCUT2D eigenvalue weighted by molar-refractivity contribution is -0.00154. The third-order valence-electron chi connectivity index (χ3n) is 4.36. The first-order chi connectivity index (χ1) is 12.1. The number of phenolic OH excluding ortho intramolecular Hbond substituents is 1. The van der Waals surface area contributed by atoms with Crippen LogP contribution in [0.5, 0.6) is 5.75 Å². The van der Waals surface area contributed by atoms with Gasteiger partial charge in [-0.05, 0) is 41.1 Å². The molecule has 25 heavy (non-hydrogen) atoms. The summed E-state index contributed by atoms with van der Waals surface area (Å²) in [6, 6.07) is 13.7. The summed E-state index contributed by atoms with van der Waals surface area (Å²) < 4.78 is 34.2. The highest BCUT2D eigenvalue weighted by Gasteiger charge is 2.32. The zero-order chi connectivity index (χ0) is 17.4. The normalized spacial score (nSPS) is 19.3. The summed E-state index contributed by atoms with van der Waals surface area (Å²) in [5, 5.41) is 12.5. The summed E-state index contributed by atoms with van der Waals surface area (Å²) in [5.74, 6) is 0.0450. The van der Waals surface area contributed by atoms with Gasteiger partial charge in [-0.3, -0.25) is 0 Å². The molecule has 0 spiro atoms. The molecule has 0 amide bonds. The number of fused-ring (bicyclic) bond motifs is 1. The quantitative estimate of drug-likeness (QED) is 0.762. The third-order valence-corrected chi connectivity index (χ3v) is 7.22. The fourth-order valence-electron chi connectivity index (χ4n) is 3.05. The van der Waals surface area contributed by atoms with Crippen LogP contribution in [-0.2, 0) is 14.8 Å². The topological polar surface area (TPSA) is 66.8 Å². The van der Waals surface area contributed by atoms with E-state index in [9.17, 15) is 13.5 Å². The van der Waals surface area contributed by atoms with Crippen LogP contribution < -0.4 is 0 Å². The van der Waals surface area contributed by atoms with Crippen LogP contribution in [0.15, 0.2) is 58.8 Å². The molecular weight excluding hydrogens is 358 g/mol. The highest BCUT2D eigenvalue weighted by atomic mass is 32.2. The zero-order valence-electron chi connectivity index (χ0n) is 13.3. The van der Waals surface area contributed by atoms with E-state index in [0.29, 0.717) is 13.2 Å². The number of hydrogen-bond acceptors (Lipinski definition) is 5. The van der Waals surface area contributed by atoms with Crippen molar-refractivity contribution < 1.29 is 18.3 Å². The molecule has 2 heterocycles. The van der Waals surface area contributed by atoms with Gasteiger partial charge in [0, 0.05) is 23.4 Å². The number of ether oxygens (including phenoxy) is 1. The van der Waals surface area contributed by atoms with Crippen molar-refractivity contribution >= 4 is 31.4 Å². The molecule has 0 saturated carbocycles. The van der Waals surface area contributed by atoms with Gasteiger partial charge in [0.2, 0.25) is 10.0 Å². The second-order valence-corrected chi connectivity index (χ2v) is 8.75. The predicted molar refractivity (Wildman–Crippen MR) is 97.4 cm³/mol. The highest BCUT2D eigenvalue weighted by molar-refractivity contribution is 7.89. The van der Waals surface area contributed by atoms with Gasteiger partial charge in [-0.25, -0.2) is 8.42 Å². The van der Waals surface area contributed by atoms with E-state index in [4.69, 9.17) is 4.74 Å². The molecule has 1 aromatic heterocycles. The Hall–Kier alpha value is -1.93. The monoisotopic (exact) mass is 375 g/mol. The van der Waals surface area contributed by atoms with E-state index in [1.54, 1.807) is 11.3 Å². The van der Waals surface area contributed by atoms with Crippen LogP contribution in [-0.4, -0.2) is 37.5 Å². The van der Waals surface area contributed by atoms with Crippen LogP contribution in [0.2, 0.25) is 0 Å². The van der Waals surface area contributed by atoms with E-state index in [2.05, 4.69) is 6.07 Å². The first-order valence-electron chi connectivity index (χ1n) is 7.92. The lowest BCUT2D eigenvalue weighted by Gasteiger charge is -2.32. The third kappa shape index (κ3) is 3.04. The van der Waals surface area contributed by atoms with Crippen LogP contribution in [0.3, 0.4) is 0 Å². The Morgan fingerprint density at radius 2 is 1.88 bits per heavy atom. The summed E-state index contributed by atoms with van der Waals surface area (Å²) in [4.78, 5) is 0.182. The molecule has 4 rings (SSSR count). The smallest absolute Gasteiger partial charge is 0.243 e. The largest absolute Gasteiger partial charge is 0.508 e. The fourth-order valence-corrected chi connectivity index (χ4v) is 5.47. The van der Waals surface area contributed by atoms with Crippen LogP contribution in [0.4, 0.5) is 0 Å². The maximum absolute atomic E-state index is 12.9. The molecule has 130 valence electrons. The van der Waals surface area contributed by atoms with Crippen molar-refractivity contribution in [3.05, 3.63) is 59.5 Å². The molecule has 1 aliphatic heterocycles. The Balaban J connectivity index is 1.63. The minimum atomic E-state index is -3.61. The molecule has 1 atom stereocenters. The van der Waals surface area contributed by atoms with Gasteiger partial charge in [0.25, 0.3) is 0 Å². The summed E-state index contributed by atoms with van der Waals surface area (Å²) in [5.41, 5.74) is 1.03. The van der Waals surface area contributed by atoms with Gasteiger partial charge in [0.05, 0.1) is 17.6 Å². The van der Waals surface area contributed by atoms with Crippen molar-refractivity contribution in [3.63, 3.8) is 0 Å². The first kappa shape index (κ1) is 16.5. The standard InChI is InChI=1S/C18H17NO4S2/c20-13-5-7-14(8-6-13)25(21,22)19-9-10-23-17(11-19)16-12-24-18-4-2-1-3-15(16)18/h1-8,12,17,20H,9-11H2/t17-/m0/s1. The first-order valence-corrected chi connectivity index (χ1v) is 10.2. The average molecular weight is 375 g/mol. The van der Waals surface area contributed by atoms with E-state index >= 15 is 0 Å². The number of aromatic hydroxyl groups is 1. The second kappa shape index (κ2) is 6.42. The lowest BCUT2D eigenvalue weighted by Crippen LogP contribution is -2.42.